The number of piperidine rings is 1. The standard InChI is InChI=1S/C17H28N2/c1-14(2)19-10-8-17(9-11-19,13-18-4)16-7-5-6-15(3)12-16/h5-7,12,14,18H,8-11,13H2,1-4H3. The zero-order valence-corrected chi connectivity index (χ0v) is 12.9. The Bertz CT molecular complexity index is 403. The zero-order chi connectivity index (χ0) is 13.9. The predicted molar refractivity (Wildman–Crippen MR) is 82.7 cm³/mol. The van der Waals surface area contributed by atoms with E-state index in [0.717, 1.165) is 6.54 Å². The van der Waals surface area contributed by atoms with Gasteiger partial charge in [-0.05, 0) is 59.3 Å². The van der Waals surface area contributed by atoms with Crippen LogP contribution in [-0.4, -0.2) is 37.6 Å². The molecule has 1 aliphatic heterocycles. The molecular weight excluding hydrogens is 232 g/mol. The first-order valence-electron chi connectivity index (χ1n) is 7.53. The third-order valence-electron chi connectivity index (χ3n) is 4.63. The average Bonchev–Trinajstić information content (AvgIpc) is 2.39. The lowest BCUT2D eigenvalue weighted by Crippen LogP contribution is -2.49. The first-order valence-corrected chi connectivity index (χ1v) is 7.53. The number of nitrogens with zero attached hydrogens (tertiary/aromatic N) is 1. The van der Waals surface area contributed by atoms with E-state index in [1.807, 2.05) is 0 Å². The van der Waals surface area contributed by atoms with Gasteiger partial charge in [0.25, 0.3) is 0 Å². The summed E-state index contributed by atoms with van der Waals surface area (Å²) in [6.07, 6.45) is 2.52. The Hall–Kier alpha value is -0.860. The highest BCUT2D eigenvalue weighted by atomic mass is 15.2. The van der Waals surface area contributed by atoms with Gasteiger partial charge in [0.05, 0.1) is 0 Å². The van der Waals surface area contributed by atoms with Crippen molar-refractivity contribution in [3.63, 3.8) is 0 Å². The summed E-state index contributed by atoms with van der Waals surface area (Å²) in [4.78, 5) is 2.60. The highest BCUT2D eigenvalue weighted by Crippen LogP contribution is 2.35. The monoisotopic (exact) mass is 260 g/mol. The van der Waals surface area contributed by atoms with Gasteiger partial charge in [0.2, 0.25) is 0 Å². The minimum Gasteiger partial charge on any atom is -0.319 e. The van der Waals surface area contributed by atoms with Crippen molar-refractivity contribution in [1.29, 1.82) is 0 Å². The number of hydrogen-bond donors (Lipinski definition) is 1. The number of nitrogens with one attached hydrogen (secondary N) is 1. The highest BCUT2D eigenvalue weighted by Gasteiger charge is 2.36. The van der Waals surface area contributed by atoms with Crippen LogP contribution >= 0.6 is 0 Å². The molecule has 1 aromatic carbocycles. The van der Waals surface area contributed by atoms with Gasteiger partial charge in [-0.3, -0.25) is 0 Å². The fourth-order valence-electron chi connectivity index (χ4n) is 3.35. The molecule has 106 valence electrons. The molecule has 0 amide bonds. The fourth-order valence-corrected chi connectivity index (χ4v) is 3.35. The minimum atomic E-state index is 0.326. The van der Waals surface area contributed by atoms with Crippen molar-refractivity contribution in [2.45, 2.75) is 45.1 Å². The molecule has 0 spiro atoms. The van der Waals surface area contributed by atoms with Gasteiger partial charge < -0.3 is 10.2 Å². The van der Waals surface area contributed by atoms with Gasteiger partial charge >= 0.3 is 0 Å². The van der Waals surface area contributed by atoms with Gasteiger partial charge in [-0.25, -0.2) is 0 Å². The van der Waals surface area contributed by atoms with Gasteiger partial charge in [0.15, 0.2) is 0 Å². The SMILES string of the molecule is CNCC1(c2cccc(C)c2)CCN(C(C)C)CC1. The number of aryl methyl sites for hydroxylation is 1. The summed E-state index contributed by atoms with van der Waals surface area (Å²) in [5.74, 6) is 0. The molecule has 1 aliphatic rings. The van der Waals surface area contributed by atoms with E-state index >= 15 is 0 Å². The summed E-state index contributed by atoms with van der Waals surface area (Å²) in [6.45, 7) is 10.3. The van der Waals surface area contributed by atoms with Gasteiger partial charge in [0, 0.05) is 18.0 Å². The molecule has 0 radical (unpaired) electrons. The maximum atomic E-state index is 3.42. The van der Waals surface area contributed by atoms with Crippen LogP contribution in [0.25, 0.3) is 0 Å². The molecule has 1 N–H and O–H groups in total. The minimum absolute atomic E-state index is 0.326. The number of rotatable bonds is 4. The summed E-state index contributed by atoms with van der Waals surface area (Å²) < 4.78 is 0. The predicted octanol–water partition coefficient (Wildman–Crippen LogP) is 2.96. The van der Waals surface area contributed by atoms with Crippen LogP contribution in [0.5, 0.6) is 0 Å². The molecule has 0 aromatic heterocycles. The Balaban J connectivity index is 2.20. The highest BCUT2D eigenvalue weighted by molar-refractivity contribution is 5.31. The molecule has 0 atom stereocenters. The molecule has 2 nitrogen and oxygen atoms in total. The third kappa shape index (κ3) is 3.18. The maximum Gasteiger partial charge on any atom is 0.0102 e. The quantitative estimate of drug-likeness (QED) is 0.895. The topological polar surface area (TPSA) is 15.3 Å². The van der Waals surface area contributed by atoms with Crippen molar-refractivity contribution < 1.29 is 0 Å². The van der Waals surface area contributed by atoms with Crippen LogP contribution in [0, 0.1) is 6.92 Å². The van der Waals surface area contributed by atoms with Crippen molar-refractivity contribution >= 4 is 0 Å². The van der Waals surface area contributed by atoms with Crippen molar-refractivity contribution in [3.05, 3.63) is 35.4 Å². The van der Waals surface area contributed by atoms with Crippen LogP contribution in [0.4, 0.5) is 0 Å². The van der Waals surface area contributed by atoms with E-state index in [1.54, 1.807) is 0 Å². The van der Waals surface area contributed by atoms with Crippen molar-refractivity contribution in [2.75, 3.05) is 26.7 Å². The second kappa shape index (κ2) is 6.06. The molecule has 0 unspecified atom stereocenters. The maximum absolute atomic E-state index is 3.42. The normalized spacial score (nSPS) is 19.8. The summed E-state index contributed by atoms with van der Waals surface area (Å²) >= 11 is 0. The Morgan fingerprint density at radius 3 is 2.47 bits per heavy atom. The van der Waals surface area contributed by atoms with Crippen molar-refractivity contribution in [2.24, 2.45) is 0 Å². The Morgan fingerprint density at radius 2 is 1.95 bits per heavy atom. The fraction of sp³-hybridized carbons (Fsp3) is 0.647. The van der Waals surface area contributed by atoms with Crippen LogP contribution in [0.3, 0.4) is 0 Å². The van der Waals surface area contributed by atoms with Crippen LogP contribution in [-0.2, 0) is 5.41 Å². The van der Waals surface area contributed by atoms with Gasteiger partial charge in [-0.1, -0.05) is 29.8 Å². The first kappa shape index (κ1) is 14.5. The van der Waals surface area contributed by atoms with E-state index in [0.29, 0.717) is 11.5 Å². The van der Waals surface area contributed by atoms with Crippen LogP contribution in [0.1, 0.15) is 37.8 Å². The van der Waals surface area contributed by atoms with Gasteiger partial charge in [-0.15, -0.1) is 0 Å². The van der Waals surface area contributed by atoms with Gasteiger partial charge in [-0.2, -0.15) is 0 Å². The van der Waals surface area contributed by atoms with E-state index in [-0.39, 0.29) is 0 Å². The summed E-state index contributed by atoms with van der Waals surface area (Å²) in [5, 5.41) is 3.42. The molecule has 2 heteroatoms. The van der Waals surface area contributed by atoms with Gasteiger partial charge in [0.1, 0.15) is 0 Å². The molecule has 1 heterocycles. The average molecular weight is 260 g/mol. The van der Waals surface area contributed by atoms with E-state index in [9.17, 15) is 0 Å². The van der Waals surface area contributed by atoms with E-state index < -0.39 is 0 Å². The van der Waals surface area contributed by atoms with E-state index in [4.69, 9.17) is 0 Å². The summed E-state index contributed by atoms with van der Waals surface area (Å²) in [5.41, 5.74) is 3.22. The van der Waals surface area contributed by atoms with Crippen LogP contribution < -0.4 is 5.32 Å². The summed E-state index contributed by atoms with van der Waals surface area (Å²) in [7, 11) is 2.08. The molecule has 0 aliphatic carbocycles. The second-order valence-corrected chi connectivity index (χ2v) is 6.31. The van der Waals surface area contributed by atoms with Crippen LogP contribution in [0.2, 0.25) is 0 Å². The Labute approximate surface area is 118 Å². The molecule has 1 aromatic rings. The zero-order valence-electron chi connectivity index (χ0n) is 12.9. The lowest BCUT2D eigenvalue weighted by Gasteiger charge is -2.44. The first-order chi connectivity index (χ1) is 9.07. The molecule has 1 fully saturated rings. The lowest BCUT2D eigenvalue weighted by atomic mass is 9.72. The molecule has 1 saturated heterocycles. The number of likely N-dealkylation sites (N-methyl/N-ethyl adjacent to an activating group) is 1. The number of hydrogen-bond acceptors (Lipinski definition) is 2. The van der Waals surface area contributed by atoms with E-state index in [2.05, 4.69) is 62.3 Å². The number of likely N-dealkylation sites (tertiary alicyclic amines) is 1. The largest absolute Gasteiger partial charge is 0.319 e. The molecular formula is C17H28N2. The molecule has 0 bridgehead atoms. The molecule has 2 rings (SSSR count). The lowest BCUT2D eigenvalue weighted by molar-refractivity contribution is 0.128. The second-order valence-electron chi connectivity index (χ2n) is 6.31. The van der Waals surface area contributed by atoms with Crippen molar-refractivity contribution in [1.82, 2.24) is 10.2 Å². The Morgan fingerprint density at radius 1 is 1.26 bits per heavy atom. The third-order valence-corrected chi connectivity index (χ3v) is 4.63. The van der Waals surface area contributed by atoms with Crippen molar-refractivity contribution in [3.8, 4) is 0 Å². The molecule has 0 saturated carbocycles. The van der Waals surface area contributed by atoms with Crippen LogP contribution in [0.15, 0.2) is 24.3 Å². The smallest absolute Gasteiger partial charge is 0.0102 e. The summed E-state index contributed by atoms with van der Waals surface area (Å²) in [6, 6.07) is 9.76. The van der Waals surface area contributed by atoms with E-state index in [1.165, 1.54) is 37.1 Å². The molecule has 19 heavy (non-hydrogen) atoms. The number of benzene rings is 1. The Kier molecular flexibility index (Phi) is 4.64.